The molecule has 0 N–H and O–H groups in total. The molecule has 132 valence electrons. The van der Waals surface area contributed by atoms with Crippen LogP contribution < -0.4 is 14.4 Å². The number of allylic oxidation sites excluding steroid dienone is 3. The topological polar surface area (TPSA) is 40.2 Å². The van der Waals surface area contributed by atoms with E-state index >= 15 is 0 Å². The molecule has 2 heterocycles. The predicted octanol–water partition coefficient (Wildman–Crippen LogP) is 4.19. The van der Waals surface area contributed by atoms with Crippen molar-refractivity contribution in [3.05, 3.63) is 59.2 Å². The van der Waals surface area contributed by atoms with Crippen molar-refractivity contribution in [1.82, 2.24) is 0 Å². The van der Waals surface area contributed by atoms with E-state index in [4.69, 9.17) is 18.9 Å². The lowest BCUT2D eigenvalue weighted by Gasteiger charge is -2.32. The molecule has 0 saturated heterocycles. The fourth-order valence-electron chi connectivity index (χ4n) is 3.96. The number of ether oxygens (including phenoxy) is 4. The lowest BCUT2D eigenvalue weighted by Crippen LogP contribution is -2.19. The summed E-state index contributed by atoms with van der Waals surface area (Å²) in [6, 6.07) is 8.42. The molecule has 5 nitrogen and oxygen atoms in total. The molecule has 1 aliphatic carbocycles. The largest absolute Gasteiger partial charge is 0.497 e. The number of fused-ring (bicyclic) bond motifs is 6. The normalized spacial score (nSPS) is 17.6. The van der Waals surface area contributed by atoms with Crippen LogP contribution in [0, 0.1) is 0 Å². The van der Waals surface area contributed by atoms with Gasteiger partial charge in [0.25, 0.3) is 0 Å². The smallest absolute Gasteiger partial charge is 0.231 e. The summed E-state index contributed by atoms with van der Waals surface area (Å²) in [5, 5.41) is 2.28. The summed E-state index contributed by atoms with van der Waals surface area (Å²) in [6.07, 6.45) is 4.96. The highest BCUT2D eigenvalue weighted by atomic mass is 16.7. The van der Waals surface area contributed by atoms with Gasteiger partial charge < -0.3 is 23.8 Å². The van der Waals surface area contributed by atoms with Crippen molar-refractivity contribution in [2.75, 3.05) is 33.0 Å². The molecule has 2 aromatic carbocycles. The van der Waals surface area contributed by atoms with Crippen molar-refractivity contribution in [2.45, 2.75) is 6.42 Å². The average molecular weight is 349 g/mol. The summed E-state index contributed by atoms with van der Waals surface area (Å²) in [7, 11) is 5.44. The van der Waals surface area contributed by atoms with Crippen LogP contribution in [0.5, 0.6) is 11.5 Å². The van der Waals surface area contributed by atoms with Gasteiger partial charge in [-0.1, -0.05) is 12.1 Å². The molecule has 0 unspecified atom stereocenters. The fraction of sp³-hybridized carbons (Fsp3) is 0.238. The maximum Gasteiger partial charge on any atom is 0.231 e. The Morgan fingerprint density at radius 3 is 2.62 bits per heavy atom. The SMILES string of the molecule is COC1=C(OC)CC2=CN(C)c3c(ccc4cc5c(cc34)OCO5)C2=C1. The first kappa shape index (κ1) is 15.2. The van der Waals surface area contributed by atoms with Gasteiger partial charge in [-0.05, 0) is 34.7 Å². The summed E-state index contributed by atoms with van der Waals surface area (Å²) >= 11 is 0. The molecule has 0 radical (unpaired) electrons. The zero-order valence-electron chi connectivity index (χ0n) is 15.0. The molecule has 5 heteroatoms. The number of anilines is 1. The van der Waals surface area contributed by atoms with Crippen molar-refractivity contribution in [3.8, 4) is 11.5 Å². The Bertz CT molecular complexity index is 1030. The van der Waals surface area contributed by atoms with Gasteiger partial charge in [0.05, 0.1) is 19.9 Å². The molecule has 0 spiro atoms. The summed E-state index contributed by atoms with van der Waals surface area (Å²) in [5.41, 5.74) is 4.74. The minimum Gasteiger partial charge on any atom is -0.497 e. The molecular weight excluding hydrogens is 330 g/mol. The van der Waals surface area contributed by atoms with E-state index in [2.05, 4.69) is 42.4 Å². The van der Waals surface area contributed by atoms with Gasteiger partial charge in [0.1, 0.15) is 5.76 Å². The fourth-order valence-corrected chi connectivity index (χ4v) is 3.96. The quantitative estimate of drug-likeness (QED) is 0.813. The van der Waals surface area contributed by atoms with E-state index in [1.165, 1.54) is 16.7 Å². The summed E-state index contributed by atoms with van der Waals surface area (Å²) in [5.74, 6) is 3.23. The van der Waals surface area contributed by atoms with Crippen LogP contribution in [0.25, 0.3) is 16.3 Å². The van der Waals surface area contributed by atoms with Gasteiger partial charge in [-0.2, -0.15) is 0 Å². The Kier molecular flexibility index (Phi) is 3.19. The number of rotatable bonds is 2. The third kappa shape index (κ3) is 2.03. The highest BCUT2D eigenvalue weighted by Crippen LogP contribution is 2.47. The second-order valence-electron chi connectivity index (χ2n) is 6.58. The van der Waals surface area contributed by atoms with E-state index in [0.29, 0.717) is 6.42 Å². The van der Waals surface area contributed by atoms with Crippen molar-refractivity contribution < 1.29 is 18.9 Å². The van der Waals surface area contributed by atoms with Gasteiger partial charge in [0.15, 0.2) is 17.3 Å². The summed E-state index contributed by atoms with van der Waals surface area (Å²) in [4.78, 5) is 2.18. The van der Waals surface area contributed by atoms with E-state index in [1.807, 2.05) is 6.07 Å². The number of hydrogen-bond donors (Lipinski definition) is 0. The highest BCUT2D eigenvalue weighted by molar-refractivity contribution is 6.06. The number of benzene rings is 2. The van der Waals surface area contributed by atoms with Crippen molar-refractivity contribution in [1.29, 1.82) is 0 Å². The van der Waals surface area contributed by atoms with E-state index < -0.39 is 0 Å². The lowest BCUT2D eigenvalue weighted by atomic mass is 9.85. The Morgan fingerprint density at radius 2 is 1.85 bits per heavy atom. The van der Waals surface area contributed by atoms with Crippen molar-refractivity contribution in [2.24, 2.45) is 0 Å². The number of nitrogens with zero attached hydrogens (tertiary/aromatic N) is 1. The van der Waals surface area contributed by atoms with Crippen LogP contribution in [-0.4, -0.2) is 28.1 Å². The molecule has 2 aromatic rings. The number of hydrogen-bond acceptors (Lipinski definition) is 5. The first-order valence-corrected chi connectivity index (χ1v) is 8.53. The van der Waals surface area contributed by atoms with Crippen LogP contribution in [0.4, 0.5) is 5.69 Å². The Balaban J connectivity index is 1.76. The average Bonchev–Trinajstić information content (AvgIpc) is 3.12. The molecule has 0 saturated carbocycles. The Labute approximate surface area is 151 Å². The molecule has 26 heavy (non-hydrogen) atoms. The molecule has 0 aromatic heterocycles. The molecule has 5 rings (SSSR count). The monoisotopic (exact) mass is 349 g/mol. The van der Waals surface area contributed by atoms with Crippen LogP contribution in [0.2, 0.25) is 0 Å². The predicted molar refractivity (Wildman–Crippen MR) is 100 cm³/mol. The second kappa shape index (κ2) is 5.46. The van der Waals surface area contributed by atoms with Crippen LogP contribution >= 0.6 is 0 Å². The standard InChI is InChI=1S/C21H19NO4/c1-22-10-13-7-17(23-2)18(24-3)8-15(13)14-5-4-12-6-19-20(26-11-25-19)9-16(12)21(14)22/h4-6,8-10H,7,11H2,1-3H3. The maximum atomic E-state index is 5.59. The minimum absolute atomic E-state index is 0.278. The van der Waals surface area contributed by atoms with Crippen LogP contribution in [0.15, 0.2) is 53.6 Å². The molecule has 2 aliphatic heterocycles. The van der Waals surface area contributed by atoms with Crippen LogP contribution in [-0.2, 0) is 9.47 Å². The first-order valence-electron chi connectivity index (χ1n) is 8.53. The van der Waals surface area contributed by atoms with E-state index in [-0.39, 0.29) is 6.79 Å². The zero-order chi connectivity index (χ0) is 17.8. The highest BCUT2D eigenvalue weighted by Gasteiger charge is 2.28. The molecule has 0 atom stereocenters. The molecule has 0 amide bonds. The second-order valence-corrected chi connectivity index (χ2v) is 6.58. The molecule has 3 aliphatic rings. The summed E-state index contributed by atoms with van der Waals surface area (Å²) < 4.78 is 22.2. The van der Waals surface area contributed by atoms with Crippen LogP contribution in [0.1, 0.15) is 12.0 Å². The van der Waals surface area contributed by atoms with Gasteiger partial charge in [0, 0.05) is 30.6 Å². The van der Waals surface area contributed by atoms with E-state index in [0.717, 1.165) is 39.5 Å². The van der Waals surface area contributed by atoms with Crippen molar-refractivity contribution in [3.63, 3.8) is 0 Å². The van der Waals surface area contributed by atoms with Crippen LogP contribution in [0.3, 0.4) is 0 Å². The van der Waals surface area contributed by atoms with Gasteiger partial charge in [-0.3, -0.25) is 0 Å². The Morgan fingerprint density at radius 1 is 1.04 bits per heavy atom. The third-order valence-electron chi connectivity index (χ3n) is 5.19. The van der Waals surface area contributed by atoms with E-state index in [9.17, 15) is 0 Å². The van der Waals surface area contributed by atoms with Gasteiger partial charge >= 0.3 is 0 Å². The van der Waals surface area contributed by atoms with E-state index in [1.54, 1.807) is 14.2 Å². The molecular formula is C21H19NO4. The van der Waals surface area contributed by atoms with Crippen molar-refractivity contribution >= 4 is 22.0 Å². The molecule has 0 bridgehead atoms. The first-order chi connectivity index (χ1) is 12.7. The van der Waals surface area contributed by atoms with Gasteiger partial charge in [0.2, 0.25) is 6.79 Å². The van der Waals surface area contributed by atoms with Gasteiger partial charge in [-0.15, -0.1) is 0 Å². The number of methoxy groups -OCH3 is 2. The van der Waals surface area contributed by atoms with Gasteiger partial charge in [-0.25, -0.2) is 0 Å². The molecule has 0 fully saturated rings. The Hall–Kier alpha value is -3.08. The third-order valence-corrected chi connectivity index (χ3v) is 5.19. The maximum absolute atomic E-state index is 5.59. The minimum atomic E-state index is 0.278. The summed E-state index contributed by atoms with van der Waals surface area (Å²) in [6.45, 7) is 0.278. The zero-order valence-corrected chi connectivity index (χ0v) is 15.0. The lowest BCUT2D eigenvalue weighted by molar-refractivity contribution is 0.174.